The molecule has 1 aromatic carbocycles. The highest BCUT2D eigenvalue weighted by Gasteiger charge is 2.39. The summed E-state index contributed by atoms with van der Waals surface area (Å²) in [7, 11) is 0. The zero-order valence-electron chi connectivity index (χ0n) is 9.37. The van der Waals surface area contributed by atoms with Crippen molar-refractivity contribution < 1.29 is 8.78 Å². The van der Waals surface area contributed by atoms with E-state index in [0.29, 0.717) is 25.9 Å². The Morgan fingerprint density at radius 2 is 1.82 bits per heavy atom. The number of benzene rings is 1. The number of anilines is 1. The highest BCUT2D eigenvalue weighted by atomic mass is 79.9. The van der Waals surface area contributed by atoms with Gasteiger partial charge in [-0.05, 0) is 40.9 Å². The van der Waals surface area contributed by atoms with Crippen LogP contribution >= 0.6 is 15.9 Å². The van der Waals surface area contributed by atoms with Crippen molar-refractivity contribution in [2.75, 3.05) is 18.0 Å². The Hall–Kier alpha value is -0.680. The Bertz CT molecular complexity index is 390. The fourth-order valence-corrected chi connectivity index (χ4v) is 2.63. The lowest BCUT2D eigenvalue weighted by atomic mass is 9.89. The van der Waals surface area contributed by atoms with Crippen molar-refractivity contribution >= 4 is 21.6 Å². The maximum atomic E-state index is 12.8. The van der Waals surface area contributed by atoms with Crippen molar-refractivity contribution in [3.63, 3.8) is 0 Å². The smallest absolute Gasteiger partial charge is 0.256 e. The zero-order valence-corrected chi connectivity index (χ0v) is 11.0. The second-order valence-corrected chi connectivity index (χ2v) is 5.33. The number of nitrogens with zero attached hydrogens (tertiary/aromatic N) is 1. The minimum atomic E-state index is -2.44. The molecule has 1 aliphatic heterocycles. The summed E-state index contributed by atoms with van der Waals surface area (Å²) in [5, 5.41) is 0. The van der Waals surface area contributed by atoms with Crippen LogP contribution in [-0.4, -0.2) is 25.1 Å². The molecule has 0 saturated carbocycles. The summed E-state index contributed by atoms with van der Waals surface area (Å²) in [6, 6.07) is 7.81. The number of rotatable bonds is 2. The summed E-state index contributed by atoms with van der Waals surface area (Å²) in [4.78, 5) is 2.09. The van der Waals surface area contributed by atoms with Crippen molar-refractivity contribution in [1.29, 1.82) is 0 Å². The monoisotopic (exact) mass is 304 g/mol. The fraction of sp³-hybridized carbons (Fsp3) is 0.500. The average molecular weight is 305 g/mol. The molecule has 1 fully saturated rings. The van der Waals surface area contributed by atoms with Gasteiger partial charge in [0.15, 0.2) is 0 Å². The quantitative estimate of drug-likeness (QED) is 0.910. The molecule has 94 valence electrons. The normalized spacial score (nSPS) is 19.7. The fourth-order valence-electron chi connectivity index (χ4n) is 2.09. The lowest BCUT2D eigenvalue weighted by Crippen LogP contribution is -2.55. The average Bonchev–Trinajstić information content (AvgIpc) is 2.31. The molecule has 0 atom stereocenters. The van der Waals surface area contributed by atoms with Crippen LogP contribution in [0.4, 0.5) is 14.5 Å². The van der Waals surface area contributed by atoms with E-state index in [0.717, 1.165) is 10.2 Å². The molecule has 1 saturated heterocycles. The van der Waals surface area contributed by atoms with Gasteiger partial charge in [0.1, 0.15) is 0 Å². The Kier molecular flexibility index (Phi) is 3.68. The van der Waals surface area contributed by atoms with Gasteiger partial charge < -0.3 is 10.6 Å². The van der Waals surface area contributed by atoms with Crippen molar-refractivity contribution in [3.05, 3.63) is 28.7 Å². The first kappa shape index (κ1) is 12.8. The molecule has 0 aromatic heterocycles. The predicted octanol–water partition coefficient (Wildman–Crippen LogP) is 3.01. The molecule has 0 amide bonds. The molecular weight excluding hydrogens is 290 g/mol. The number of piperidine rings is 1. The molecule has 0 bridgehead atoms. The third-order valence-electron chi connectivity index (χ3n) is 3.32. The van der Waals surface area contributed by atoms with Gasteiger partial charge in [0.2, 0.25) is 0 Å². The molecule has 0 aliphatic carbocycles. The first-order valence-corrected chi connectivity index (χ1v) is 6.39. The van der Waals surface area contributed by atoms with Gasteiger partial charge in [-0.2, -0.15) is 0 Å². The molecule has 0 spiro atoms. The first-order chi connectivity index (χ1) is 8.03. The molecule has 17 heavy (non-hydrogen) atoms. The molecule has 2 N–H and O–H groups in total. The minimum Gasteiger partial charge on any atom is -0.370 e. The van der Waals surface area contributed by atoms with Gasteiger partial charge in [-0.3, -0.25) is 0 Å². The second kappa shape index (κ2) is 4.90. The minimum absolute atomic E-state index is 0.325. The summed E-state index contributed by atoms with van der Waals surface area (Å²) < 4.78 is 26.5. The maximum absolute atomic E-state index is 12.8. The summed E-state index contributed by atoms with van der Waals surface area (Å²) in [6.45, 7) is 1.15. The van der Waals surface area contributed by atoms with Gasteiger partial charge in [-0.1, -0.05) is 12.1 Å². The summed E-state index contributed by atoms with van der Waals surface area (Å²) in [5.74, 6) is 0. The zero-order chi connectivity index (χ0) is 12.5. The number of hydrogen-bond donors (Lipinski definition) is 1. The van der Waals surface area contributed by atoms with E-state index in [1.807, 2.05) is 24.3 Å². The lowest BCUT2D eigenvalue weighted by molar-refractivity contribution is 0.0391. The number of hydrogen-bond acceptors (Lipinski definition) is 2. The van der Waals surface area contributed by atoms with Gasteiger partial charge in [0, 0.05) is 17.6 Å². The van der Waals surface area contributed by atoms with Gasteiger partial charge >= 0.3 is 0 Å². The summed E-state index contributed by atoms with van der Waals surface area (Å²) >= 11 is 3.47. The van der Waals surface area contributed by atoms with Crippen LogP contribution in [0.2, 0.25) is 0 Å². The Morgan fingerprint density at radius 3 is 2.35 bits per heavy atom. The van der Waals surface area contributed by atoms with Crippen LogP contribution in [0.5, 0.6) is 0 Å². The van der Waals surface area contributed by atoms with E-state index in [4.69, 9.17) is 5.73 Å². The van der Waals surface area contributed by atoms with Crippen LogP contribution in [-0.2, 0) is 0 Å². The number of halogens is 3. The molecule has 1 aromatic rings. The second-order valence-electron chi connectivity index (χ2n) is 4.47. The van der Waals surface area contributed by atoms with Crippen molar-refractivity contribution in [2.24, 2.45) is 5.73 Å². The SMILES string of the molecule is NC1(C(F)F)CCN(c2ccccc2Br)CC1. The van der Waals surface area contributed by atoms with Crippen LogP contribution < -0.4 is 10.6 Å². The van der Waals surface area contributed by atoms with E-state index in [1.54, 1.807) is 0 Å². The van der Waals surface area contributed by atoms with Crippen LogP contribution in [0.15, 0.2) is 28.7 Å². The van der Waals surface area contributed by atoms with Gasteiger partial charge in [-0.25, -0.2) is 8.78 Å². The molecule has 1 aliphatic rings. The highest BCUT2D eigenvalue weighted by Crippen LogP contribution is 2.32. The van der Waals surface area contributed by atoms with E-state index in [2.05, 4.69) is 20.8 Å². The molecule has 0 radical (unpaired) electrons. The predicted molar refractivity (Wildman–Crippen MR) is 68.5 cm³/mol. The molecule has 0 unspecified atom stereocenters. The van der Waals surface area contributed by atoms with Gasteiger partial charge in [-0.15, -0.1) is 0 Å². The molecule has 5 heteroatoms. The van der Waals surface area contributed by atoms with Crippen LogP contribution in [0.3, 0.4) is 0 Å². The lowest BCUT2D eigenvalue weighted by Gasteiger charge is -2.39. The molecule has 2 rings (SSSR count). The van der Waals surface area contributed by atoms with Gasteiger partial charge in [0.25, 0.3) is 6.43 Å². The largest absolute Gasteiger partial charge is 0.370 e. The standard InChI is InChI=1S/C12H15BrF2N2/c13-9-3-1-2-4-10(9)17-7-5-12(16,6-8-17)11(14)15/h1-4,11H,5-8,16H2. The van der Waals surface area contributed by atoms with Crippen molar-refractivity contribution in [1.82, 2.24) is 0 Å². The van der Waals surface area contributed by atoms with Crippen LogP contribution in [0, 0.1) is 0 Å². The Labute approximate surface area is 108 Å². The van der Waals surface area contributed by atoms with Crippen LogP contribution in [0.1, 0.15) is 12.8 Å². The highest BCUT2D eigenvalue weighted by molar-refractivity contribution is 9.10. The van der Waals surface area contributed by atoms with E-state index < -0.39 is 12.0 Å². The molecular formula is C12H15BrF2N2. The molecule has 2 nitrogen and oxygen atoms in total. The van der Waals surface area contributed by atoms with Crippen LogP contribution in [0.25, 0.3) is 0 Å². The molecule has 1 heterocycles. The summed E-state index contributed by atoms with van der Waals surface area (Å²) in [6.07, 6.45) is -1.79. The topological polar surface area (TPSA) is 29.3 Å². The van der Waals surface area contributed by atoms with Crippen molar-refractivity contribution in [3.8, 4) is 0 Å². The first-order valence-electron chi connectivity index (χ1n) is 5.59. The van der Waals surface area contributed by atoms with E-state index in [9.17, 15) is 8.78 Å². The number of para-hydroxylation sites is 1. The number of alkyl halides is 2. The Balaban J connectivity index is 2.07. The van der Waals surface area contributed by atoms with E-state index in [1.165, 1.54) is 0 Å². The maximum Gasteiger partial charge on any atom is 0.256 e. The number of nitrogens with two attached hydrogens (primary N) is 1. The van der Waals surface area contributed by atoms with Crippen molar-refractivity contribution in [2.45, 2.75) is 24.8 Å². The summed E-state index contributed by atoms with van der Waals surface area (Å²) in [5.41, 5.74) is 5.43. The van der Waals surface area contributed by atoms with E-state index >= 15 is 0 Å². The third-order valence-corrected chi connectivity index (χ3v) is 3.99. The third kappa shape index (κ3) is 2.60. The van der Waals surface area contributed by atoms with Gasteiger partial charge in [0.05, 0.1) is 11.2 Å². The van der Waals surface area contributed by atoms with E-state index in [-0.39, 0.29) is 0 Å². The Morgan fingerprint density at radius 1 is 1.24 bits per heavy atom.